The molecule has 6 nitrogen and oxygen atoms in total. The largest absolute Gasteiger partial charge is 0.458 e. The Balaban J connectivity index is 1.52. The molecule has 1 saturated carbocycles. The Bertz CT molecular complexity index is 783. The molecule has 2 aliphatic heterocycles. The highest BCUT2D eigenvalue weighted by Gasteiger charge is 2.54. The third-order valence-electron chi connectivity index (χ3n) is 6.81. The Labute approximate surface area is 178 Å². The molecule has 0 spiro atoms. The van der Waals surface area contributed by atoms with Crippen molar-refractivity contribution < 1.29 is 24.2 Å². The van der Waals surface area contributed by atoms with Crippen LogP contribution in [0.5, 0.6) is 0 Å². The lowest BCUT2D eigenvalue weighted by Crippen LogP contribution is -2.47. The van der Waals surface area contributed by atoms with Gasteiger partial charge >= 0.3 is 12.1 Å². The van der Waals surface area contributed by atoms with Crippen LogP contribution in [-0.2, 0) is 19.9 Å². The normalized spacial score (nSPS) is 28.4. The topological polar surface area (TPSA) is 76.1 Å². The van der Waals surface area contributed by atoms with E-state index >= 15 is 0 Å². The molecule has 2 heterocycles. The van der Waals surface area contributed by atoms with Gasteiger partial charge in [-0.05, 0) is 52.0 Å². The van der Waals surface area contributed by atoms with E-state index in [1.165, 1.54) is 0 Å². The molecule has 30 heavy (non-hydrogen) atoms. The lowest BCUT2D eigenvalue weighted by atomic mass is 9.80. The molecular weight excluding hydrogens is 382 g/mol. The van der Waals surface area contributed by atoms with E-state index in [2.05, 4.69) is 0 Å². The van der Waals surface area contributed by atoms with E-state index in [0.29, 0.717) is 12.0 Å². The highest BCUT2D eigenvalue weighted by atomic mass is 16.6. The van der Waals surface area contributed by atoms with Gasteiger partial charge < -0.3 is 14.6 Å². The van der Waals surface area contributed by atoms with Crippen LogP contribution in [0.15, 0.2) is 30.3 Å². The molecule has 2 bridgehead atoms. The van der Waals surface area contributed by atoms with Crippen molar-refractivity contribution in [2.24, 2.45) is 5.92 Å². The van der Waals surface area contributed by atoms with Crippen molar-refractivity contribution in [2.45, 2.75) is 95.1 Å². The lowest BCUT2D eigenvalue weighted by Gasteiger charge is -2.34. The summed E-state index contributed by atoms with van der Waals surface area (Å²) in [6, 6.07) is 8.99. The molecule has 1 amide bonds. The van der Waals surface area contributed by atoms with Crippen molar-refractivity contribution in [3.63, 3.8) is 0 Å². The number of esters is 1. The number of carbonyl (C=O) groups excluding carboxylic acids is 2. The first kappa shape index (κ1) is 21.2. The maximum absolute atomic E-state index is 13.4. The van der Waals surface area contributed by atoms with Gasteiger partial charge in [-0.25, -0.2) is 9.59 Å². The second kappa shape index (κ2) is 7.88. The molecule has 3 fully saturated rings. The molecule has 4 rings (SSSR count). The molecule has 1 aromatic rings. The number of benzene rings is 1. The molecule has 4 atom stereocenters. The highest BCUT2D eigenvalue weighted by Crippen LogP contribution is 2.44. The zero-order valence-corrected chi connectivity index (χ0v) is 18.2. The second-order valence-electron chi connectivity index (χ2n) is 9.98. The van der Waals surface area contributed by atoms with Crippen LogP contribution in [0.2, 0.25) is 0 Å². The quantitative estimate of drug-likeness (QED) is 0.748. The summed E-state index contributed by atoms with van der Waals surface area (Å²) in [4.78, 5) is 27.8. The van der Waals surface area contributed by atoms with Crippen molar-refractivity contribution in [3.8, 4) is 0 Å². The number of hydrogen-bond acceptors (Lipinski definition) is 5. The van der Waals surface area contributed by atoms with Crippen molar-refractivity contribution >= 4 is 12.1 Å². The Kier molecular flexibility index (Phi) is 5.56. The SMILES string of the molecule is CC(C)(C)OC(=O)N1C2CC[C@H]1[C@H](OC(=O)[C@@](O)(c1ccccc1)C1CCCC1)C2. The fraction of sp³-hybridized carbons (Fsp3) is 0.667. The minimum atomic E-state index is -1.64. The summed E-state index contributed by atoms with van der Waals surface area (Å²) in [7, 11) is 0. The molecule has 1 unspecified atom stereocenters. The van der Waals surface area contributed by atoms with Gasteiger partial charge in [0.25, 0.3) is 0 Å². The number of hydrogen-bond donors (Lipinski definition) is 1. The van der Waals surface area contributed by atoms with E-state index < -0.39 is 23.3 Å². The fourth-order valence-electron chi connectivity index (χ4n) is 5.44. The monoisotopic (exact) mass is 415 g/mol. The van der Waals surface area contributed by atoms with E-state index in [1.54, 1.807) is 17.0 Å². The number of amides is 1. The Hall–Kier alpha value is -2.08. The van der Waals surface area contributed by atoms with Crippen LogP contribution in [0.3, 0.4) is 0 Å². The zero-order chi connectivity index (χ0) is 21.5. The first-order chi connectivity index (χ1) is 14.2. The average Bonchev–Trinajstić information content (AvgIpc) is 3.43. The van der Waals surface area contributed by atoms with Crippen LogP contribution < -0.4 is 0 Å². The lowest BCUT2D eigenvalue weighted by molar-refractivity contribution is -0.180. The van der Waals surface area contributed by atoms with E-state index in [-0.39, 0.29) is 24.1 Å². The zero-order valence-electron chi connectivity index (χ0n) is 18.2. The van der Waals surface area contributed by atoms with Gasteiger partial charge in [-0.15, -0.1) is 0 Å². The van der Waals surface area contributed by atoms with Crippen LogP contribution in [0.1, 0.15) is 71.3 Å². The third-order valence-corrected chi connectivity index (χ3v) is 6.81. The molecular formula is C24H33NO5. The molecule has 1 N–H and O–H groups in total. The van der Waals surface area contributed by atoms with E-state index in [9.17, 15) is 14.7 Å². The van der Waals surface area contributed by atoms with Crippen molar-refractivity contribution in [3.05, 3.63) is 35.9 Å². The van der Waals surface area contributed by atoms with Crippen LogP contribution in [-0.4, -0.2) is 45.9 Å². The summed E-state index contributed by atoms with van der Waals surface area (Å²) in [5.74, 6) is -0.727. The summed E-state index contributed by atoms with van der Waals surface area (Å²) >= 11 is 0. The Morgan fingerprint density at radius 2 is 1.70 bits per heavy atom. The number of ether oxygens (including phenoxy) is 2. The standard InChI is InChI=1S/C24H33NO5/c1-23(2,3)30-22(27)25-18-13-14-19(25)20(15-18)29-21(26)24(28,17-11-7-8-12-17)16-9-5-4-6-10-16/h4-6,9-10,17-20,28H,7-8,11-15H2,1-3H3/t18?,19-,20+,24+/m0/s1. The summed E-state index contributed by atoms with van der Waals surface area (Å²) in [6.07, 6.45) is 5.16. The summed E-state index contributed by atoms with van der Waals surface area (Å²) in [5.41, 5.74) is -1.62. The molecule has 2 saturated heterocycles. The number of fused-ring (bicyclic) bond motifs is 2. The highest BCUT2D eigenvalue weighted by molar-refractivity contribution is 5.82. The molecule has 1 aromatic carbocycles. The second-order valence-corrected chi connectivity index (χ2v) is 9.98. The van der Waals surface area contributed by atoms with Gasteiger partial charge in [0.15, 0.2) is 5.60 Å². The van der Waals surface area contributed by atoms with E-state index in [4.69, 9.17) is 9.47 Å². The van der Waals surface area contributed by atoms with Crippen LogP contribution >= 0.6 is 0 Å². The van der Waals surface area contributed by atoms with Gasteiger partial charge in [0, 0.05) is 18.4 Å². The van der Waals surface area contributed by atoms with Crippen LogP contribution in [0.25, 0.3) is 0 Å². The van der Waals surface area contributed by atoms with Gasteiger partial charge in [-0.1, -0.05) is 43.2 Å². The predicted octanol–water partition coefficient (Wildman–Crippen LogP) is 4.15. The van der Waals surface area contributed by atoms with Crippen molar-refractivity contribution in [1.82, 2.24) is 4.90 Å². The summed E-state index contributed by atoms with van der Waals surface area (Å²) in [6.45, 7) is 5.55. The van der Waals surface area contributed by atoms with Gasteiger partial charge in [0.05, 0.1) is 6.04 Å². The minimum absolute atomic E-state index is 0.0268. The average molecular weight is 416 g/mol. The first-order valence-corrected chi connectivity index (χ1v) is 11.2. The molecule has 0 radical (unpaired) electrons. The molecule has 0 aromatic heterocycles. The summed E-state index contributed by atoms with van der Waals surface area (Å²) in [5, 5.41) is 11.6. The molecule has 6 heteroatoms. The molecule has 1 aliphatic carbocycles. The number of carbonyl (C=O) groups is 2. The van der Waals surface area contributed by atoms with Crippen LogP contribution in [0, 0.1) is 5.92 Å². The van der Waals surface area contributed by atoms with Crippen molar-refractivity contribution in [2.75, 3.05) is 0 Å². The van der Waals surface area contributed by atoms with Gasteiger partial charge in [-0.2, -0.15) is 0 Å². The van der Waals surface area contributed by atoms with Crippen molar-refractivity contribution in [1.29, 1.82) is 0 Å². The third kappa shape index (κ3) is 3.82. The van der Waals surface area contributed by atoms with E-state index in [0.717, 1.165) is 38.5 Å². The smallest absolute Gasteiger partial charge is 0.410 e. The van der Waals surface area contributed by atoms with Crippen LogP contribution in [0.4, 0.5) is 4.79 Å². The maximum atomic E-state index is 13.4. The minimum Gasteiger partial charge on any atom is -0.458 e. The Morgan fingerprint density at radius 1 is 1.03 bits per heavy atom. The number of rotatable bonds is 4. The van der Waals surface area contributed by atoms with Gasteiger partial charge in [-0.3, -0.25) is 4.90 Å². The fourth-order valence-corrected chi connectivity index (χ4v) is 5.44. The van der Waals surface area contributed by atoms with E-state index in [1.807, 2.05) is 39.0 Å². The predicted molar refractivity (Wildman–Crippen MR) is 112 cm³/mol. The number of aliphatic hydroxyl groups is 1. The Morgan fingerprint density at radius 3 is 2.33 bits per heavy atom. The summed E-state index contributed by atoms with van der Waals surface area (Å²) < 4.78 is 11.5. The first-order valence-electron chi connectivity index (χ1n) is 11.2. The number of nitrogens with zero attached hydrogens (tertiary/aromatic N) is 1. The molecule has 3 aliphatic rings. The van der Waals surface area contributed by atoms with Gasteiger partial charge in [0.1, 0.15) is 11.7 Å². The van der Waals surface area contributed by atoms with Gasteiger partial charge in [0.2, 0.25) is 0 Å². The maximum Gasteiger partial charge on any atom is 0.410 e. The molecule has 164 valence electrons.